The summed E-state index contributed by atoms with van der Waals surface area (Å²) in [6.45, 7) is 4.33. The zero-order chi connectivity index (χ0) is 15.1. The lowest BCUT2D eigenvalue weighted by atomic mass is 9.96. The van der Waals surface area contributed by atoms with Gasteiger partial charge in [0.25, 0.3) is 0 Å². The predicted molar refractivity (Wildman–Crippen MR) is 96.4 cm³/mol. The first-order valence-electron chi connectivity index (χ1n) is 7.71. The molecule has 0 amide bonds. The number of hydrogen-bond acceptors (Lipinski definition) is 0. The van der Waals surface area contributed by atoms with Crippen LogP contribution in [0.5, 0.6) is 0 Å². The molecule has 0 radical (unpaired) electrons. The number of fused-ring (bicyclic) bond motifs is 3. The minimum Gasteiger partial charge on any atom is -0.0616 e. The van der Waals surface area contributed by atoms with Crippen LogP contribution in [0.4, 0.5) is 0 Å². The van der Waals surface area contributed by atoms with E-state index < -0.39 is 0 Å². The molecular weight excluding hydrogens is 264 g/mol. The highest BCUT2D eigenvalue weighted by molar-refractivity contribution is 6.08. The van der Waals surface area contributed by atoms with Crippen molar-refractivity contribution in [1.82, 2.24) is 0 Å². The molecule has 0 atom stereocenters. The van der Waals surface area contributed by atoms with Gasteiger partial charge in [-0.05, 0) is 63.7 Å². The maximum atomic E-state index is 2.30. The molecule has 4 rings (SSSR count). The number of aryl methyl sites for hydroxylation is 2. The van der Waals surface area contributed by atoms with Crippen molar-refractivity contribution in [3.05, 3.63) is 83.9 Å². The predicted octanol–water partition coefficient (Wildman–Crippen LogP) is 6.28. The Hall–Kier alpha value is -2.60. The summed E-state index contributed by atoms with van der Waals surface area (Å²) in [5.41, 5.74) is 5.26. The average molecular weight is 282 g/mol. The third-order valence-electron chi connectivity index (χ3n) is 4.59. The molecule has 0 spiro atoms. The van der Waals surface area contributed by atoms with E-state index >= 15 is 0 Å². The first kappa shape index (κ1) is 13.1. The van der Waals surface area contributed by atoms with Gasteiger partial charge in [0.1, 0.15) is 0 Å². The van der Waals surface area contributed by atoms with E-state index in [2.05, 4.69) is 86.6 Å². The zero-order valence-electron chi connectivity index (χ0n) is 12.9. The van der Waals surface area contributed by atoms with Crippen molar-refractivity contribution in [3.63, 3.8) is 0 Å². The van der Waals surface area contributed by atoms with Gasteiger partial charge in [0, 0.05) is 0 Å². The zero-order valence-corrected chi connectivity index (χ0v) is 12.9. The largest absolute Gasteiger partial charge is 0.0616 e. The fourth-order valence-electron chi connectivity index (χ4n) is 3.11. The summed E-state index contributed by atoms with van der Waals surface area (Å²) in [4.78, 5) is 0. The molecule has 0 heteroatoms. The molecule has 0 saturated carbocycles. The van der Waals surface area contributed by atoms with Crippen LogP contribution < -0.4 is 0 Å². The van der Waals surface area contributed by atoms with Crippen LogP contribution in [0.25, 0.3) is 32.7 Å². The monoisotopic (exact) mass is 282 g/mol. The van der Waals surface area contributed by atoms with Gasteiger partial charge in [-0.15, -0.1) is 0 Å². The van der Waals surface area contributed by atoms with Crippen molar-refractivity contribution in [3.8, 4) is 11.1 Å². The number of rotatable bonds is 1. The molecule has 0 N–H and O–H groups in total. The molecule has 0 heterocycles. The third-order valence-corrected chi connectivity index (χ3v) is 4.59. The maximum absolute atomic E-state index is 2.30. The molecule has 0 nitrogen and oxygen atoms in total. The Balaban J connectivity index is 1.94. The second-order valence-electron chi connectivity index (χ2n) is 6.02. The van der Waals surface area contributed by atoms with Crippen LogP contribution in [0.2, 0.25) is 0 Å². The summed E-state index contributed by atoms with van der Waals surface area (Å²) in [6.07, 6.45) is 0. The van der Waals surface area contributed by atoms with Crippen molar-refractivity contribution in [2.24, 2.45) is 0 Å². The normalized spacial score (nSPS) is 11.2. The molecule has 0 unspecified atom stereocenters. The first-order chi connectivity index (χ1) is 10.7. The first-order valence-corrected chi connectivity index (χ1v) is 7.71. The average Bonchev–Trinajstić information content (AvgIpc) is 2.56. The molecule has 0 bridgehead atoms. The van der Waals surface area contributed by atoms with Gasteiger partial charge in [-0.25, -0.2) is 0 Å². The second-order valence-corrected chi connectivity index (χ2v) is 6.02. The molecule has 0 aliphatic rings. The fourth-order valence-corrected chi connectivity index (χ4v) is 3.11. The summed E-state index contributed by atoms with van der Waals surface area (Å²) in [5, 5.41) is 5.25. The molecule has 0 fully saturated rings. The van der Waals surface area contributed by atoms with E-state index in [-0.39, 0.29) is 0 Å². The van der Waals surface area contributed by atoms with Gasteiger partial charge >= 0.3 is 0 Å². The minimum atomic E-state index is 1.28. The molecular formula is C22H18. The molecule has 4 aromatic carbocycles. The van der Waals surface area contributed by atoms with Gasteiger partial charge in [-0.1, -0.05) is 66.7 Å². The third kappa shape index (κ3) is 2.08. The number of hydrogen-bond donors (Lipinski definition) is 0. The lowest BCUT2D eigenvalue weighted by Crippen LogP contribution is -1.84. The summed E-state index contributed by atoms with van der Waals surface area (Å²) >= 11 is 0. The quantitative estimate of drug-likeness (QED) is 0.360. The van der Waals surface area contributed by atoms with E-state index in [0.29, 0.717) is 0 Å². The van der Waals surface area contributed by atoms with Crippen molar-refractivity contribution < 1.29 is 0 Å². The van der Waals surface area contributed by atoms with Crippen molar-refractivity contribution >= 4 is 21.5 Å². The van der Waals surface area contributed by atoms with Gasteiger partial charge < -0.3 is 0 Å². The van der Waals surface area contributed by atoms with Crippen molar-refractivity contribution in [2.75, 3.05) is 0 Å². The molecule has 106 valence electrons. The lowest BCUT2D eigenvalue weighted by Gasteiger charge is -2.09. The molecule has 4 aromatic rings. The Kier molecular flexibility index (Phi) is 2.97. The van der Waals surface area contributed by atoms with Gasteiger partial charge in [0.15, 0.2) is 0 Å². The van der Waals surface area contributed by atoms with E-state index in [1.165, 1.54) is 43.8 Å². The topological polar surface area (TPSA) is 0 Å². The molecule has 0 saturated heterocycles. The highest BCUT2D eigenvalue weighted by atomic mass is 14.1. The van der Waals surface area contributed by atoms with E-state index in [9.17, 15) is 0 Å². The summed E-state index contributed by atoms with van der Waals surface area (Å²) in [5.74, 6) is 0. The van der Waals surface area contributed by atoms with Crippen LogP contribution >= 0.6 is 0 Å². The van der Waals surface area contributed by atoms with Gasteiger partial charge in [-0.3, -0.25) is 0 Å². The summed E-state index contributed by atoms with van der Waals surface area (Å²) < 4.78 is 0. The number of benzene rings is 4. The minimum absolute atomic E-state index is 1.28. The summed E-state index contributed by atoms with van der Waals surface area (Å²) in [7, 11) is 0. The smallest absolute Gasteiger partial charge is 0.0105 e. The van der Waals surface area contributed by atoms with Crippen LogP contribution in [0.15, 0.2) is 72.8 Å². The molecule has 22 heavy (non-hydrogen) atoms. The van der Waals surface area contributed by atoms with Crippen LogP contribution in [0, 0.1) is 13.8 Å². The van der Waals surface area contributed by atoms with Crippen molar-refractivity contribution in [1.29, 1.82) is 0 Å². The van der Waals surface area contributed by atoms with Gasteiger partial charge in [-0.2, -0.15) is 0 Å². The van der Waals surface area contributed by atoms with Gasteiger partial charge in [0.2, 0.25) is 0 Å². The lowest BCUT2D eigenvalue weighted by molar-refractivity contribution is 1.34. The fraction of sp³-hybridized carbons (Fsp3) is 0.0909. The van der Waals surface area contributed by atoms with E-state index in [1.807, 2.05) is 0 Å². The van der Waals surface area contributed by atoms with Gasteiger partial charge in [0.05, 0.1) is 0 Å². The Morgan fingerprint density at radius 2 is 1.18 bits per heavy atom. The van der Waals surface area contributed by atoms with Crippen LogP contribution in [0.3, 0.4) is 0 Å². The SMILES string of the molecule is Cc1ccc(-c2ccc3c(ccc4ccccc43)c2)cc1C. The van der Waals surface area contributed by atoms with Crippen LogP contribution in [-0.2, 0) is 0 Å². The Bertz CT molecular complexity index is 993. The van der Waals surface area contributed by atoms with E-state index in [4.69, 9.17) is 0 Å². The molecule has 0 aliphatic carbocycles. The van der Waals surface area contributed by atoms with E-state index in [1.54, 1.807) is 0 Å². The summed E-state index contributed by atoms with van der Waals surface area (Å²) in [6, 6.07) is 26.5. The Morgan fingerprint density at radius 1 is 0.500 bits per heavy atom. The van der Waals surface area contributed by atoms with Crippen LogP contribution in [0.1, 0.15) is 11.1 Å². The molecule has 0 aliphatic heterocycles. The maximum Gasteiger partial charge on any atom is -0.0105 e. The Labute approximate surface area is 131 Å². The van der Waals surface area contributed by atoms with E-state index in [0.717, 1.165) is 0 Å². The highest BCUT2D eigenvalue weighted by Gasteiger charge is 2.04. The standard InChI is InChI=1S/C22H18/c1-15-7-8-18(13-16(15)2)19-11-12-22-20(14-19)10-9-17-5-3-4-6-21(17)22/h3-14H,1-2H3. The highest BCUT2D eigenvalue weighted by Crippen LogP contribution is 2.30. The second kappa shape index (κ2) is 4.99. The molecule has 0 aromatic heterocycles. The Morgan fingerprint density at radius 3 is 2.05 bits per heavy atom. The van der Waals surface area contributed by atoms with Crippen molar-refractivity contribution in [2.45, 2.75) is 13.8 Å². The van der Waals surface area contributed by atoms with Crippen LogP contribution in [-0.4, -0.2) is 0 Å².